The van der Waals surface area contributed by atoms with Crippen molar-refractivity contribution in [2.75, 3.05) is 51.3 Å². The first kappa shape index (κ1) is 28.9. The SMILES string of the molecule is COCCN(C[C@@H]1CCCN2CCCC[C@H]12)C(=O)CCCCCN1C(=O)c2ccccc2N2C(=O)c3ccccc3[C@H]12. The molecule has 0 unspecified atom stereocenters. The Hall–Kier alpha value is -3.23. The van der Waals surface area contributed by atoms with Crippen LogP contribution in [0.1, 0.15) is 90.2 Å². The zero-order valence-electron chi connectivity index (χ0n) is 24.9. The largest absolute Gasteiger partial charge is 0.383 e. The fraction of sp³-hybridized carbons (Fsp3) is 0.559. The molecule has 4 aliphatic rings. The van der Waals surface area contributed by atoms with Gasteiger partial charge in [-0.3, -0.25) is 19.3 Å². The smallest absolute Gasteiger partial charge is 0.260 e. The van der Waals surface area contributed by atoms with Crippen LogP contribution in [0.3, 0.4) is 0 Å². The molecule has 0 N–H and O–H groups in total. The van der Waals surface area contributed by atoms with Gasteiger partial charge in [0.05, 0.1) is 17.9 Å². The van der Waals surface area contributed by atoms with E-state index in [1.807, 2.05) is 53.4 Å². The number of nitrogens with zero attached hydrogens (tertiary/aromatic N) is 4. The quantitative estimate of drug-likeness (QED) is 0.350. The number of methoxy groups -OCH3 is 1. The lowest BCUT2D eigenvalue weighted by Gasteiger charge is -2.45. The Bertz CT molecular complexity index is 1300. The van der Waals surface area contributed by atoms with Crippen molar-refractivity contribution in [2.24, 2.45) is 5.92 Å². The number of rotatable bonds is 11. The second kappa shape index (κ2) is 13.0. The highest BCUT2D eigenvalue weighted by atomic mass is 16.5. The summed E-state index contributed by atoms with van der Waals surface area (Å²) in [7, 11) is 1.70. The number of ether oxygens (including phenoxy) is 1. The minimum Gasteiger partial charge on any atom is -0.383 e. The summed E-state index contributed by atoms with van der Waals surface area (Å²) in [5.41, 5.74) is 2.79. The van der Waals surface area contributed by atoms with Gasteiger partial charge in [0.1, 0.15) is 6.17 Å². The Morgan fingerprint density at radius 2 is 1.69 bits per heavy atom. The molecule has 0 bridgehead atoms. The first-order valence-electron chi connectivity index (χ1n) is 15.9. The molecule has 8 heteroatoms. The molecule has 2 fully saturated rings. The van der Waals surface area contributed by atoms with Gasteiger partial charge in [-0.25, -0.2) is 0 Å². The third-order valence-corrected chi connectivity index (χ3v) is 9.77. The zero-order chi connectivity index (χ0) is 29.1. The van der Waals surface area contributed by atoms with Gasteiger partial charge in [0, 0.05) is 50.3 Å². The number of unbranched alkanes of at least 4 members (excludes halogenated alkanes) is 2. The topological polar surface area (TPSA) is 73.4 Å². The lowest BCUT2D eigenvalue weighted by atomic mass is 9.83. The van der Waals surface area contributed by atoms with Crippen LogP contribution in [0.25, 0.3) is 0 Å². The number of hydrogen-bond donors (Lipinski definition) is 0. The van der Waals surface area contributed by atoms with E-state index in [2.05, 4.69) is 9.80 Å². The molecule has 3 atom stereocenters. The Morgan fingerprint density at radius 1 is 0.905 bits per heavy atom. The van der Waals surface area contributed by atoms with Gasteiger partial charge in [-0.05, 0) is 75.7 Å². The van der Waals surface area contributed by atoms with E-state index >= 15 is 0 Å². The number of benzene rings is 2. The van der Waals surface area contributed by atoms with Crippen LogP contribution in [0, 0.1) is 5.92 Å². The number of amides is 3. The van der Waals surface area contributed by atoms with Crippen LogP contribution >= 0.6 is 0 Å². The van der Waals surface area contributed by atoms with Crippen LogP contribution in [0.15, 0.2) is 48.5 Å². The summed E-state index contributed by atoms with van der Waals surface area (Å²) in [5, 5.41) is 0. The fourth-order valence-corrected chi connectivity index (χ4v) is 7.69. The van der Waals surface area contributed by atoms with Crippen LogP contribution in [0.5, 0.6) is 0 Å². The normalized spacial score (nSPS) is 23.3. The predicted octanol–water partition coefficient (Wildman–Crippen LogP) is 5.10. The number of fused-ring (bicyclic) bond motifs is 6. The summed E-state index contributed by atoms with van der Waals surface area (Å²) < 4.78 is 5.36. The Kier molecular flexibility index (Phi) is 8.91. The number of carbonyl (C=O) groups excluding carboxylic acids is 3. The molecule has 42 heavy (non-hydrogen) atoms. The molecule has 0 radical (unpaired) electrons. The highest BCUT2D eigenvalue weighted by Gasteiger charge is 2.47. The van der Waals surface area contributed by atoms with Crippen molar-refractivity contribution in [3.8, 4) is 0 Å². The fourth-order valence-electron chi connectivity index (χ4n) is 7.69. The molecule has 0 spiro atoms. The van der Waals surface area contributed by atoms with Crippen LogP contribution < -0.4 is 4.90 Å². The van der Waals surface area contributed by atoms with Gasteiger partial charge in [0.2, 0.25) is 5.91 Å². The predicted molar refractivity (Wildman–Crippen MR) is 162 cm³/mol. The van der Waals surface area contributed by atoms with Crippen molar-refractivity contribution in [2.45, 2.75) is 70.0 Å². The van der Waals surface area contributed by atoms with Gasteiger partial charge >= 0.3 is 0 Å². The standard InChI is InChI=1S/C34H44N4O4/c1-42-23-22-36(24-25-12-11-20-35-19-10-8-16-29(25)35)31(39)18-3-2-9-21-37-32-26-13-4-5-14-27(26)34(41)38(32)30-17-7-6-15-28(30)33(37)40/h4-7,13-15,17,25,29,32H,2-3,8-12,16,18-24H2,1H3/t25-,29+,32+/m0/s1. The van der Waals surface area contributed by atoms with Gasteiger partial charge in [-0.15, -0.1) is 0 Å². The Balaban J connectivity index is 1.06. The first-order valence-corrected chi connectivity index (χ1v) is 15.9. The van der Waals surface area contributed by atoms with Gasteiger partial charge in [0.15, 0.2) is 0 Å². The second-order valence-electron chi connectivity index (χ2n) is 12.3. The highest BCUT2D eigenvalue weighted by molar-refractivity contribution is 6.16. The number of carbonyl (C=O) groups is 3. The average Bonchev–Trinajstić information content (AvgIpc) is 3.32. The molecular weight excluding hydrogens is 528 g/mol. The van der Waals surface area contributed by atoms with Crippen molar-refractivity contribution in [3.05, 3.63) is 65.2 Å². The third kappa shape index (κ3) is 5.59. The summed E-state index contributed by atoms with van der Waals surface area (Å²) in [6.45, 7) is 4.98. The molecule has 4 heterocycles. The van der Waals surface area contributed by atoms with Crippen molar-refractivity contribution >= 4 is 23.4 Å². The average molecular weight is 573 g/mol. The van der Waals surface area contributed by atoms with E-state index in [4.69, 9.17) is 4.74 Å². The minimum absolute atomic E-state index is 0.0394. The minimum atomic E-state index is -0.419. The van der Waals surface area contributed by atoms with Gasteiger partial charge in [0.25, 0.3) is 11.8 Å². The lowest BCUT2D eigenvalue weighted by molar-refractivity contribution is -0.133. The van der Waals surface area contributed by atoms with Crippen LogP contribution in [0.2, 0.25) is 0 Å². The van der Waals surface area contributed by atoms with E-state index in [-0.39, 0.29) is 17.7 Å². The highest BCUT2D eigenvalue weighted by Crippen LogP contribution is 2.45. The summed E-state index contributed by atoms with van der Waals surface area (Å²) >= 11 is 0. The van der Waals surface area contributed by atoms with E-state index in [1.165, 1.54) is 45.2 Å². The molecule has 4 aliphatic heterocycles. The number of anilines is 1. The van der Waals surface area contributed by atoms with Gasteiger partial charge in [-0.1, -0.05) is 43.2 Å². The van der Waals surface area contributed by atoms with Crippen molar-refractivity contribution < 1.29 is 19.1 Å². The number of piperidine rings is 2. The summed E-state index contributed by atoms with van der Waals surface area (Å²) in [6, 6.07) is 15.6. The molecule has 0 aliphatic carbocycles. The zero-order valence-corrected chi connectivity index (χ0v) is 24.9. The molecule has 2 saturated heterocycles. The maximum absolute atomic E-state index is 13.6. The molecule has 0 saturated carbocycles. The maximum Gasteiger partial charge on any atom is 0.260 e. The first-order chi connectivity index (χ1) is 20.6. The molecule has 3 amide bonds. The molecular formula is C34H44N4O4. The van der Waals surface area contributed by atoms with Gasteiger partial charge < -0.3 is 19.4 Å². The van der Waals surface area contributed by atoms with Crippen LogP contribution in [0.4, 0.5) is 5.69 Å². The van der Waals surface area contributed by atoms with E-state index in [0.717, 1.165) is 31.4 Å². The second-order valence-corrected chi connectivity index (χ2v) is 12.3. The van der Waals surface area contributed by atoms with Crippen molar-refractivity contribution in [3.63, 3.8) is 0 Å². The van der Waals surface area contributed by atoms with Crippen LogP contribution in [-0.4, -0.2) is 84.9 Å². The van der Waals surface area contributed by atoms with Crippen LogP contribution in [-0.2, 0) is 9.53 Å². The molecule has 2 aromatic rings. The number of para-hydroxylation sites is 1. The molecule has 2 aromatic carbocycles. The van der Waals surface area contributed by atoms with Crippen molar-refractivity contribution in [1.29, 1.82) is 0 Å². The third-order valence-electron chi connectivity index (χ3n) is 9.77. The summed E-state index contributed by atoms with van der Waals surface area (Å²) in [5.74, 6) is 0.663. The molecule has 8 nitrogen and oxygen atoms in total. The molecule has 0 aromatic heterocycles. The van der Waals surface area contributed by atoms with Gasteiger partial charge in [-0.2, -0.15) is 0 Å². The van der Waals surface area contributed by atoms with E-state index < -0.39 is 6.17 Å². The lowest BCUT2D eigenvalue weighted by Crippen LogP contribution is -2.52. The summed E-state index contributed by atoms with van der Waals surface area (Å²) in [6.07, 6.45) is 8.78. The monoisotopic (exact) mass is 572 g/mol. The van der Waals surface area contributed by atoms with E-state index in [9.17, 15) is 14.4 Å². The number of hydrogen-bond acceptors (Lipinski definition) is 5. The molecule has 6 rings (SSSR count). The van der Waals surface area contributed by atoms with Crippen molar-refractivity contribution in [1.82, 2.24) is 14.7 Å². The molecule has 224 valence electrons. The summed E-state index contributed by atoms with van der Waals surface area (Å²) in [4.78, 5) is 48.8. The maximum atomic E-state index is 13.6. The Labute approximate surface area is 249 Å². The van der Waals surface area contributed by atoms with E-state index in [1.54, 1.807) is 12.0 Å². The van der Waals surface area contributed by atoms with E-state index in [0.29, 0.717) is 54.9 Å². The Morgan fingerprint density at radius 3 is 2.55 bits per heavy atom.